The third kappa shape index (κ3) is 4.32. The van der Waals surface area contributed by atoms with Gasteiger partial charge in [0.2, 0.25) is 0 Å². The maximum Gasteiger partial charge on any atom is 0.164 e. The SMILES string of the molecule is COc1ccc(-c2nn3c(C(C)(C)C)cc(C(C)(C)C)nc3c2-c2cccc(OC)c2)cc1. The third-order valence-corrected chi connectivity index (χ3v) is 5.85. The summed E-state index contributed by atoms with van der Waals surface area (Å²) in [6, 6.07) is 18.3. The molecule has 0 aliphatic rings. The quantitative estimate of drug-likeness (QED) is 0.353. The lowest BCUT2D eigenvalue weighted by Crippen LogP contribution is -2.22. The van der Waals surface area contributed by atoms with Gasteiger partial charge < -0.3 is 9.47 Å². The van der Waals surface area contributed by atoms with Gasteiger partial charge in [-0.15, -0.1) is 0 Å². The molecule has 0 saturated carbocycles. The highest BCUT2D eigenvalue weighted by Gasteiger charge is 2.28. The highest BCUT2D eigenvalue weighted by atomic mass is 16.5. The Morgan fingerprint density at radius 1 is 0.727 bits per heavy atom. The molecule has 0 bridgehead atoms. The van der Waals surface area contributed by atoms with Crippen LogP contribution in [0.1, 0.15) is 52.9 Å². The number of hydrogen-bond donors (Lipinski definition) is 0. The summed E-state index contributed by atoms with van der Waals surface area (Å²) in [5.74, 6) is 1.62. The molecule has 2 aromatic heterocycles. The molecule has 0 N–H and O–H groups in total. The van der Waals surface area contributed by atoms with E-state index in [1.54, 1.807) is 14.2 Å². The van der Waals surface area contributed by atoms with Gasteiger partial charge in [0.25, 0.3) is 0 Å². The standard InChI is InChI=1S/C28H33N3O2/c1-27(2,3)22-17-23(28(4,5)6)31-26(29-22)24(19-10-9-11-21(16-19)33-8)25(30-31)18-12-14-20(32-7)15-13-18/h9-17H,1-8H3. The first-order valence-electron chi connectivity index (χ1n) is 11.3. The first kappa shape index (κ1) is 22.8. The molecule has 0 atom stereocenters. The molecule has 33 heavy (non-hydrogen) atoms. The highest BCUT2D eigenvalue weighted by molar-refractivity contribution is 5.91. The fraction of sp³-hybridized carbons (Fsp3) is 0.357. The largest absolute Gasteiger partial charge is 0.497 e. The van der Waals surface area contributed by atoms with Crippen LogP contribution in [0.5, 0.6) is 11.5 Å². The van der Waals surface area contributed by atoms with Crippen molar-refractivity contribution in [3.63, 3.8) is 0 Å². The van der Waals surface area contributed by atoms with E-state index in [2.05, 4.69) is 53.7 Å². The van der Waals surface area contributed by atoms with Gasteiger partial charge in [0.15, 0.2) is 5.65 Å². The van der Waals surface area contributed by atoms with Crippen LogP contribution < -0.4 is 9.47 Å². The maximum absolute atomic E-state index is 5.53. The summed E-state index contributed by atoms with van der Waals surface area (Å²) in [7, 11) is 3.36. The van der Waals surface area contributed by atoms with Crippen LogP contribution in [0.2, 0.25) is 0 Å². The van der Waals surface area contributed by atoms with Gasteiger partial charge in [-0.25, -0.2) is 9.50 Å². The predicted octanol–water partition coefficient (Wildman–Crippen LogP) is 6.68. The number of aromatic nitrogens is 3. The molecular weight excluding hydrogens is 410 g/mol. The fourth-order valence-electron chi connectivity index (χ4n) is 3.93. The van der Waals surface area contributed by atoms with Gasteiger partial charge in [-0.3, -0.25) is 0 Å². The van der Waals surface area contributed by atoms with Gasteiger partial charge in [-0.05, 0) is 48.0 Å². The van der Waals surface area contributed by atoms with Gasteiger partial charge >= 0.3 is 0 Å². The van der Waals surface area contributed by atoms with E-state index in [4.69, 9.17) is 19.6 Å². The van der Waals surface area contributed by atoms with Crippen molar-refractivity contribution in [3.8, 4) is 33.9 Å². The van der Waals surface area contributed by atoms with E-state index in [0.29, 0.717) is 0 Å². The van der Waals surface area contributed by atoms with Gasteiger partial charge in [0.1, 0.15) is 17.2 Å². The van der Waals surface area contributed by atoms with Crippen molar-refractivity contribution < 1.29 is 9.47 Å². The Morgan fingerprint density at radius 2 is 1.39 bits per heavy atom. The third-order valence-electron chi connectivity index (χ3n) is 5.85. The molecule has 0 aliphatic heterocycles. The molecule has 172 valence electrons. The number of ether oxygens (including phenoxy) is 2. The van der Waals surface area contributed by atoms with Gasteiger partial charge in [-0.1, -0.05) is 53.7 Å². The molecule has 0 saturated heterocycles. The predicted molar refractivity (Wildman–Crippen MR) is 134 cm³/mol. The monoisotopic (exact) mass is 443 g/mol. The minimum absolute atomic E-state index is 0.0993. The summed E-state index contributed by atoms with van der Waals surface area (Å²) < 4.78 is 12.9. The van der Waals surface area contributed by atoms with Crippen LogP contribution in [0, 0.1) is 0 Å². The maximum atomic E-state index is 5.53. The highest BCUT2D eigenvalue weighted by Crippen LogP contribution is 2.39. The number of hydrogen-bond acceptors (Lipinski definition) is 4. The summed E-state index contributed by atoms with van der Waals surface area (Å²) in [6.45, 7) is 13.2. The van der Waals surface area contributed by atoms with Crippen LogP contribution in [-0.4, -0.2) is 28.8 Å². The Bertz CT molecular complexity index is 1290. The Labute approximate surface area is 196 Å². The van der Waals surface area contributed by atoms with Crippen molar-refractivity contribution in [1.82, 2.24) is 14.6 Å². The van der Waals surface area contributed by atoms with Crippen LogP contribution >= 0.6 is 0 Å². The molecule has 0 radical (unpaired) electrons. The van der Waals surface area contributed by atoms with Crippen LogP contribution in [0.25, 0.3) is 28.0 Å². The fourth-order valence-corrected chi connectivity index (χ4v) is 3.93. The summed E-state index contributed by atoms with van der Waals surface area (Å²) in [5.41, 5.74) is 6.72. The number of nitrogens with zero attached hydrogens (tertiary/aromatic N) is 3. The molecule has 0 aliphatic carbocycles. The summed E-state index contributed by atoms with van der Waals surface area (Å²) >= 11 is 0. The minimum atomic E-state index is -0.115. The minimum Gasteiger partial charge on any atom is -0.497 e. The molecule has 0 fully saturated rings. The number of benzene rings is 2. The van der Waals surface area contributed by atoms with E-state index in [1.165, 1.54) is 0 Å². The lowest BCUT2D eigenvalue weighted by molar-refractivity contribution is 0.415. The lowest BCUT2D eigenvalue weighted by Gasteiger charge is -2.25. The van der Waals surface area contributed by atoms with Crippen molar-refractivity contribution in [1.29, 1.82) is 0 Å². The van der Waals surface area contributed by atoms with E-state index in [0.717, 1.165) is 50.9 Å². The summed E-state index contributed by atoms with van der Waals surface area (Å²) in [5, 5.41) is 5.13. The lowest BCUT2D eigenvalue weighted by atomic mass is 9.86. The zero-order valence-electron chi connectivity index (χ0n) is 20.9. The van der Waals surface area contributed by atoms with Gasteiger partial charge in [-0.2, -0.15) is 5.10 Å². The average molecular weight is 444 g/mol. The topological polar surface area (TPSA) is 48.7 Å². The molecule has 2 aromatic carbocycles. The molecule has 5 heteroatoms. The second-order valence-corrected chi connectivity index (χ2v) is 10.4. The molecular formula is C28H33N3O2. The first-order chi connectivity index (χ1) is 15.5. The number of rotatable bonds is 4. The van der Waals surface area contributed by atoms with Crippen molar-refractivity contribution >= 4 is 5.65 Å². The zero-order chi connectivity index (χ0) is 24.0. The van der Waals surface area contributed by atoms with Crippen molar-refractivity contribution in [2.45, 2.75) is 52.4 Å². The van der Waals surface area contributed by atoms with E-state index >= 15 is 0 Å². The molecule has 5 nitrogen and oxygen atoms in total. The Hall–Kier alpha value is -3.34. The Balaban J connectivity index is 2.13. The number of fused-ring (bicyclic) bond motifs is 1. The summed E-state index contributed by atoms with van der Waals surface area (Å²) in [6.07, 6.45) is 0. The summed E-state index contributed by atoms with van der Waals surface area (Å²) in [4.78, 5) is 5.17. The van der Waals surface area contributed by atoms with Crippen LogP contribution in [0.4, 0.5) is 0 Å². The Morgan fingerprint density at radius 3 is 1.97 bits per heavy atom. The molecule has 0 amide bonds. The van der Waals surface area contributed by atoms with E-state index in [9.17, 15) is 0 Å². The smallest absolute Gasteiger partial charge is 0.164 e. The van der Waals surface area contributed by atoms with Crippen molar-refractivity contribution in [2.75, 3.05) is 14.2 Å². The molecule has 4 rings (SSSR count). The van der Waals surface area contributed by atoms with Crippen LogP contribution in [0.15, 0.2) is 54.6 Å². The van der Waals surface area contributed by atoms with E-state index in [1.807, 2.05) is 47.0 Å². The van der Waals surface area contributed by atoms with E-state index in [-0.39, 0.29) is 10.8 Å². The molecule has 4 aromatic rings. The average Bonchev–Trinajstić information content (AvgIpc) is 3.16. The van der Waals surface area contributed by atoms with Gasteiger partial charge in [0.05, 0.1) is 31.2 Å². The number of methoxy groups -OCH3 is 2. The molecule has 0 unspecified atom stereocenters. The molecule has 0 spiro atoms. The van der Waals surface area contributed by atoms with Crippen molar-refractivity contribution in [3.05, 3.63) is 66.0 Å². The van der Waals surface area contributed by atoms with Gasteiger partial charge in [0, 0.05) is 16.4 Å². The van der Waals surface area contributed by atoms with Crippen LogP contribution in [0.3, 0.4) is 0 Å². The second-order valence-electron chi connectivity index (χ2n) is 10.4. The first-order valence-corrected chi connectivity index (χ1v) is 11.3. The second kappa shape index (κ2) is 8.22. The normalized spacial score (nSPS) is 12.2. The molecule has 2 heterocycles. The Kier molecular flexibility index (Phi) is 5.69. The van der Waals surface area contributed by atoms with Crippen LogP contribution in [-0.2, 0) is 10.8 Å². The zero-order valence-corrected chi connectivity index (χ0v) is 20.9. The van der Waals surface area contributed by atoms with E-state index < -0.39 is 0 Å². The van der Waals surface area contributed by atoms with Crippen molar-refractivity contribution in [2.24, 2.45) is 0 Å².